The van der Waals surface area contributed by atoms with Crippen LogP contribution in [0, 0.1) is 13.8 Å². The third kappa shape index (κ3) is 4.16. The second-order valence-corrected chi connectivity index (χ2v) is 6.84. The smallest absolute Gasteiger partial charge is 0.274 e. The third-order valence-corrected chi connectivity index (χ3v) is 4.76. The molecular weight excluding hydrogens is 312 g/mol. The molecule has 3 rings (SSSR count). The third-order valence-electron chi connectivity index (χ3n) is 4.76. The van der Waals surface area contributed by atoms with E-state index in [9.17, 15) is 4.79 Å². The molecule has 1 aliphatic heterocycles. The fourth-order valence-corrected chi connectivity index (χ4v) is 3.60. The molecule has 1 aromatic carbocycles. The highest BCUT2D eigenvalue weighted by molar-refractivity contribution is 6.03. The van der Waals surface area contributed by atoms with Gasteiger partial charge < -0.3 is 10.2 Å². The number of carbonyl (C=O) groups excluding carboxylic acids is 1. The van der Waals surface area contributed by atoms with Gasteiger partial charge in [0.1, 0.15) is 17.8 Å². The van der Waals surface area contributed by atoms with Crippen LogP contribution in [0.4, 0.5) is 11.5 Å². The highest BCUT2D eigenvalue weighted by Gasteiger charge is 2.23. The monoisotopic (exact) mass is 338 g/mol. The topological polar surface area (TPSA) is 58.1 Å². The summed E-state index contributed by atoms with van der Waals surface area (Å²) in [5, 5.41) is 2.95. The Labute approximate surface area is 149 Å². The molecule has 1 aliphatic rings. The standard InChI is InChI=1S/C20H26N4O/c1-4-17-7-5-6-8-24(17)19-12-18(21-13-22-19)20(25)23-16-10-14(2)9-15(3)11-16/h9-13,17H,4-8H2,1-3H3,(H,23,25). The summed E-state index contributed by atoms with van der Waals surface area (Å²) < 4.78 is 0. The Morgan fingerprint density at radius 2 is 1.92 bits per heavy atom. The van der Waals surface area contributed by atoms with Gasteiger partial charge in [0.05, 0.1) is 0 Å². The second-order valence-electron chi connectivity index (χ2n) is 6.84. The van der Waals surface area contributed by atoms with Gasteiger partial charge in [-0.15, -0.1) is 0 Å². The minimum absolute atomic E-state index is 0.196. The van der Waals surface area contributed by atoms with Crippen LogP contribution in [0.15, 0.2) is 30.6 Å². The lowest BCUT2D eigenvalue weighted by molar-refractivity contribution is 0.102. The van der Waals surface area contributed by atoms with E-state index in [1.165, 1.54) is 25.6 Å². The van der Waals surface area contributed by atoms with Gasteiger partial charge >= 0.3 is 0 Å². The molecule has 25 heavy (non-hydrogen) atoms. The molecule has 0 aliphatic carbocycles. The first-order valence-corrected chi connectivity index (χ1v) is 9.05. The van der Waals surface area contributed by atoms with Gasteiger partial charge in [-0.2, -0.15) is 0 Å². The van der Waals surface area contributed by atoms with E-state index in [0.29, 0.717) is 11.7 Å². The summed E-state index contributed by atoms with van der Waals surface area (Å²) in [6.45, 7) is 7.24. The van der Waals surface area contributed by atoms with Crippen LogP contribution in [0.2, 0.25) is 0 Å². The van der Waals surface area contributed by atoms with Crippen LogP contribution in [-0.2, 0) is 0 Å². The highest BCUT2D eigenvalue weighted by atomic mass is 16.1. The van der Waals surface area contributed by atoms with E-state index in [1.54, 1.807) is 0 Å². The van der Waals surface area contributed by atoms with Gasteiger partial charge in [0.25, 0.3) is 5.91 Å². The van der Waals surface area contributed by atoms with Gasteiger partial charge in [0.2, 0.25) is 0 Å². The molecule has 1 saturated heterocycles. The number of hydrogen-bond acceptors (Lipinski definition) is 4. The molecule has 1 fully saturated rings. The first-order chi connectivity index (χ1) is 12.1. The fourth-order valence-electron chi connectivity index (χ4n) is 3.60. The SMILES string of the molecule is CCC1CCCCN1c1cc(C(=O)Nc2cc(C)cc(C)c2)ncn1. The summed E-state index contributed by atoms with van der Waals surface area (Å²) >= 11 is 0. The summed E-state index contributed by atoms with van der Waals surface area (Å²) in [6.07, 6.45) is 6.20. The van der Waals surface area contributed by atoms with E-state index in [0.717, 1.165) is 35.6 Å². The van der Waals surface area contributed by atoms with Crippen LogP contribution in [0.25, 0.3) is 0 Å². The van der Waals surface area contributed by atoms with Crippen LogP contribution in [0.5, 0.6) is 0 Å². The Morgan fingerprint density at radius 3 is 2.64 bits per heavy atom. The van der Waals surface area contributed by atoms with Crippen molar-refractivity contribution in [1.82, 2.24) is 9.97 Å². The van der Waals surface area contributed by atoms with Crippen molar-refractivity contribution in [2.24, 2.45) is 0 Å². The summed E-state index contributed by atoms with van der Waals surface area (Å²) in [4.78, 5) is 23.5. The number of nitrogens with zero attached hydrogens (tertiary/aromatic N) is 3. The van der Waals surface area contributed by atoms with E-state index in [-0.39, 0.29) is 5.91 Å². The Balaban J connectivity index is 1.79. The van der Waals surface area contributed by atoms with E-state index >= 15 is 0 Å². The van der Waals surface area contributed by atoms with Crippen LogP contribution in [-0.4, -0.2) is 28.5 Å². The van der Waals surface area contributed by atoms with E-state index in [2.05, 4.69) is 33.2 Å². The number of nitrogens with one attached hydrogen (secondary N) is 1. The lowest BCUT2D eigenvalue weighted by Gasteiger charge is -2.36. The number of benzene rings is 1. The summed E-state index contributed by atoms with van der Waals surface area (Å²) in [5.41, 5.74) is 3.45. The Bertz CT molecular complexity index is 739. The van der Waals surface area contributed by atoms with Crippen LogP contribution < -0.4 is 10.2 Å². The van der Waals surface area contributed by atoms with Crippen molar-refractivity contribution in [3.05, 3.63) is 47.4 Å². The van der Waals surface area contributed by atoms with E-state index in [1.807, 2.05) is 32.0 Å². The molecule has 2 aromatic rings. The number of piperidine rings is 1. The number of hydrogen-bond donors (Lipinski definition) is 1. The molecule has 0 spiro atoms. The van der Waals surface area contributed by atoms with Crippen LogP contribution in [0.3, 0.4) is 0 Å². The van der Waals surface area contributed by atoms with Crippen LogP contribution in [0.1, 0.15) is 54.2 Å². The van der Waals surface area contributed by atoms with Gasteiger partial charge in [-0.25, -0.2) is 9.97 Å². The maximum Gasteiger partial charge on any atom is 0.274 e. The lowest BCUT2D eigenvalue weighted by Crippen LogP contribution is -2.39. The van der Waals surface area contributed by atoms with Gasteiger partial charge in [0, 0.05) is 24.3 Å². The molecule has 1 unspecified atom stereocenters. The normalized spacial score (nSPS) is 17.4. The molecule has 1 aromatic heterocycles. The quantitative estimate of drug-likeness (QED) is 0.911. The van der Waals surface area contributed by atoms with Crippen molar-refractivity contribution >= 4 is 17.4 Å². The molecule has 5 heteroatoms. The molecule has 1 atom stereocenters. The number of anilines is 2. The van der Waals surface area contributed by atoms with Gasteiger partial charge in [-0.3, -0.25) is 4.79 Å². The lowest BCUT2D eigenvalue weighted by atomic mass is 10.00. The first-order valence-electron chi connectivity index (χ1n) is 9.05. The van der Waals surface area contributed by atoms with Crippen molar-refractivity contribution in [2.45, 2.75) is 52.5 Å². The van der Waals surface area contributed by atoms with Crippen LogP contribution >= 0.6 is 0 Å². The van der Waals surface area contributed by atoms with Gasteiger partial charge in [0.15, 0.2) is 0 Å². The Kier molecular flexibility index (Phi) is 5.31. The molecular formula is C20H26N4O. The zero-order valence-corrected chi connectivity index (χ0v) is 15.2. The fraction of sp³-hybridized carbons (Fsp3) is 0.450. The van der Waals surface area contributed by atoms with E-state index < -0.39 is 0 Å². The number of carbonyl (C=O) groups is 1. The predicted octanol–water partition coefficient (Wildman–Crippen LogP) is 4.11. The van der Waals surface area contributed by atoms with Crippen molar-refractivity contribution in [1.29, 1.82) is 0 Å². The molecule has 0 bridgehead atoms. The number of aryl methyl sites for hydroxylation is 2. The predicted molar refractivity (Wildman–Crippen MR) is 101 cm³/mol. The number of aromatic nitrogens is 2. The Hall–Kier alpha value is -2.43. The van der Waals surface area contributed by atoms with Crippen molar-refractivity contribution in [2.75, 3.05) is 16.8 Å². The molecule has 5 nitrogen and oxygen atoms in total. The maximum atomic E-state index is 12.6. The number of rotatable bonds is 4. The maximum absolute atomic E-state index is 12.6. The average Bonchev–Trinajstić information content (AvgIpc) is 2.61. The molecule has 1 amide bonds. The van der Waals surface area contributed by atoms with E-state index in [4.69, 9.17) is 0 Å². The van der Waals surface area contributed by atoms with Gasteiger partial charge in [-0.05, 0) is 62.8 Å². The molecule has 0 saturated carbocycles. The minimum atomic E-state index is -0.196. The molecule has 0 radical (unpaired) electrons. The van der Waals surface area contributed by atoms with Crippen molar-refractivity contribution in [3.63, 3.8) is 0 Å². The zero-order chi connectivity index (χ0) is 17.8. The molecule has 2 heterocycles. The molecule has 1 N–H and O–H groups in total. The molecule has 132 valence electrons. The number of amides is 1. The Morgan fingerprint density at radius 1 is 1.16 bits per heavy atom. The summed E-state index contributed by atoms with van der Waals surface area (Å²) in [7, 11) is 0. The summed E-state index contributed by atoms with van der Waals surface area (Å²) in [5.74, 6) is 0.658. The summed E-state index contributed by atoms with van der Waals surface area (Å²) in [6, 6.07) is 8.32. The van der Waals surface area contributed by atoms with Crippen molar-refractivity contribution < 1.29 is 4.79 Å². The highest BCUT2D eigenvalue weighted by Crippen LogP contribution is 2.25. The zero-order valence-electron chi connectivity index (χ0n) is 15.2. The largest absolute Gasteiger partial charge is 0.354 e. The van der Waals surface area contributed by atoms with Gasteiger partial charge in [-0.1, -0.05) is 13.0 Å². The second kappa shape index (κ2) is 7.64. The first kappa shape index (κ1) is 17.4. The average molecular weight is 338 g/mol. The minimum Gasteiger partial charge on any atom is -0.354 e. The van der Waals surface area contributed by atoms with Crippen molar-refractivity contribution in [3.8, 4) is 0 Å².